The maximum Gasteiger partial charge on any atom is 0.387 e. The average Bonchev–Trinajstić information content (AvgIpc) is 2.85. The zero-order chi connectivity index (χ0) is 18.1. The first-order valence-electron chi connectivity index (χ1n) is 8.22. The molecule has 26 heavy (non-hydrogen) atoms. The summed E-state index contributed by atoms with van der Waals surface area (Å²) in [6.45, 7) is 6.03. The molecule has 3 aromatic carbocycles. The molecule has 4 aromatic rings. The third kappa shape index (κ3) is 2.70. The molecule has 4 heteroatoms. The molecule has 0 amide bonds. The van der Waals surface area contributed by atoms with E-state index in [9.17, 15) is 0 Å². The lowest BCUT2D eigenvalue weighted by molar-refractivity contribution is 0.443. The van der Waals surface area contributed by atoms with Crippen molar-refractivity contribution >= 4 is 36.1 Å². The molecule has 1 atom stereocenters. The van der Waals surface area contributed by atoms with Crippen LogP contribution in [0.3, 0.4) is 0 Å². The van der Waals surface area contributed by atoms with E-state index in [-0.39, 0.29) is 0 Å². The summed E-state index contributed by atoms with van der Waals surface area (Å²) in [6.07, 6.45) is 1.71. The quantitative estimate of drug-likeness (QED) is 0.415. The van der Waals surface area contributed by atoms with Gasteiger partial charge in [0.15, 0.2) is 5.58 Å². The highest BCUT2D eigenvalue weighted by Crippen LogP contribution is 2.40. The molecule has 0 saturated heterocycles. The first kappa shape index (κ1) is 16.5. The van der Waals surface area contributed by atoms with Crippen molar-refractivity contribution in [1.82, 2.24) is 0 Å². The minimum atomic E-state index is -1.59. The Morgan fingerprint density at radius 2 is 1.81 bits per heavy atom. The van der Waals surface area contributed by atoms with Gasteiger partial charge in [-0.3, -0.25) is 4.52 Å². The van der Waals surface area contributed by atoms with Crippen molar-refractivity contribution in [3.05, 3.63) is 78.6 Å². The van der Waals surface area contributed by atoms with Crippen LogP contribution >= 0.6 is 8.24 Å². The summed E-state index contributed by atoms with van der Waals surface area (Å²) in [7, 11) is -0.0252. The summed E-state index contributed by atoms with van der Waals surface area (Å²) in [5, 5.41) is 2.91. The van der Waals surface area contributed by atoms with Crippen LogP contribution in [0, 0.1) is 19.1 Å². The maximum absolute atomic E-state index is 6.01. The van der Waals surface area contributed by atoms with Gasteiger partial charge in [-0.25, -0.2) is 0 Å². The van der Waals surface area contributed by atoms with Gasteiger partial charge in [-0.05, 0) is 36.3 Å². The highest BCUT2D eigenvalue weighted by Gasteiger charge is 2.16. The molecule has 0 radical (unpaired) electrons. The van der Waals surface area contributed by atoms with Gasteiger partial charge in [0.05, 0.1) is 7.11 Å². The number of aryl methyl sites for hydroxylation is 1. The zero-order valence-electron chi connectivity index (χ0n) is 14.6. The van der Waals surface area contributed by atoms with Gasteiger partial charge in [0.1, 0.15) is 5.76 Å². The first-order chi connectivity index (χ1) is 12.7. The van der Waals surface area contributed by atoms with Crippen LogP contribution in [0.4, 0.5) is 0 Å². The summed E-state index contributed by atoms with van der Waals surface area (Å²) in [6, 6.07) is 22.6. The van der Waals surface area contributed by atoms with E-state index in [2.05, 4.69) is 43.8 Å². The van der Waals surface area contributed by atoms with Crippen molar-refractivity contribution in [3.63, 3.8) is 0 Å². The van der Waals surface area contributed by atoms with Crippen LogP contribution in [0.15, 0.2) is 63.5 Å². The molecule has 0 aliphatic carbocycles. The molecule has 0 N–H and O–H groups in total. The molecule has 0 spiro atoms. The fraction of sp³-hybridized carbons (Fsp3) is 0.0909. The maximum atomic E-state index is 6.01. The van der Waals surface area contributed by atoms with Crippen LogP contribution in [0.1, 0.15) is 11.3 Å². The fourth-order valence-electron chi connectivity index (χ4n) is 3.11. The average molecular weight is 360 g/mol. The van der Waals surface area contributed by atoms with Gasteiger partial charge in [0, 0.05) is 21.7 Å². The molecule has 0 saturated carbocycles. The summed E-state index contributed by atoms with van der Waals surface area (Å²) in [5.74, 6) is 0.635. The molecular formula is C22H17O3P. The number of benzene rings is 2. The largest absolute Gasteiger partial charge is 0.399 e. The molecule has 1 heterocycles. The van der Waals surface area contributed by atoms with E-state index in [0.717, 1.165) is 32.8 Å². The Bertz CT molecular complexity index is 1160. The summed E-state index contributed by atoms with van der Waals surface area (Å²) in [4.78, 5) is 0. The van der Waals surface area contributed by atoms with Crippen LogP contribution in [0.5, 0.6) is 0 Å². The second-order valence-electron chi connectivity index (χ2n) is 5.85. The molecule has 128 valence electrons. The second-order valence-corrected chi connectivity index (χ2v) is 7.02. The Morgan fingerprint density at radius 1 is 1.04 bits per heavy atom. The molecule has 0 fully saturated rings. The van der Waals surface area contributed by atoms with E-state index < -0.39 is 8.24 Å². The predicted molar refractivity (Wildman–Crippen MR) is 107 cm³/mol. The van der Waals surface area contributed by atoms with Gasteiger partial charge in [-0.2, -0.15) is 0 Å². The van der Waals surface area contributed by atoms with Crippen molar-refractivity contribution in [2.24, 2.45) is 0 Å². The lowest BCUT2D eigenvalue weighted by Gasteiger charge is -2.09. The van der Waals surface area contributed by atoms with E-state index in [1.807, 2.05) is 30.3 Å². The minimum absolute atomic E-state index is 0.576. The summed E-state index contributed by atoms with van der Waals surface area (Å²) in [5.41, 5.74) is 3.70. The second kappa shape index (κ2) is 6.77. The Labute approximate surface area is 153 Å². The first-order valence-corrected chi connectivity index (χ1v) is 9.31. The van der Waals surface area contributed by atoms with Crippen LogP contribution in [-0.2, 0) is 0 Å². The fourth-order valence-corrected chi connectivity index (χ4v) is 3.91. The lowest BCUT2D eigenvalue weighted by Crippen LogP contribution is -1.87. The van der Waals surface area contributed by atoms with E-state index in [1.54, 1.807) is 13.2 Å². The summed E-state index contributed by atoms with van der Waals surface area (Å²) < 4.78 is 17.4. The zero-order valence-corrected chi connectivity index (χ0v) is 15.5. The number of hydrogen-bond acceptors (Lipinski definition) is 3. The highest BCUT2D eigenvalue weighted by molar-refractivity contribution is 7.31. The smallest absolute Gasteiger partial charge is 0.387 e. The van der Waals surface area contributed by atoms with Gasteiger partial charge in [0.2, 0.25) is 0 Å². The topological polar surface area (TPSA) is 35.5 Å². The minimum Gasteiger partial charge on any atom is -0.399 e. The van der Waals surface area contributed by atoms with Crippen LogP contribution in [-0.4, -0.2) is 7.11 Å². The van der Waals surface area contributed by atoms with Gasteiger partial charge in [-0.15, -0.1) is 0 Å². The number of hydrogen-bond donors (Lipinski definition) is 0. The SMILES string of the molecule is C=Cc1op(OC)oc2c#cc3ccccc3c2c1-c1ccccc1C. The van der Waals surface area contributed by atoms with Gasteiger partial charge >= 0.3 is 8.24 Å². The highest BCUT2D eigenvalue weighted by atomic mass is 31.1. The molecule has 4 rings (SSSR count). The molecule has 1 aromatic heterocycles. The Hall–Kier alpha value is -2.92. The van der Waals surface area contributed by atoms with E-state index >= 15 is 0 Å². The normalized spacial score (nSPS) is 11.4. The predicted octanol–water partition coefficient (Wildman–Crippen LogP) is 6.57. The summed E-state index contributed by atoms with van der Waals surface area (Å²) >= 11 is 0. The van der Waals surface area contributed by atoms with E-state index in [1.165, 1.54) is 0 Å². The van der Waals surface area contributed by atoms with E-state index in [4.69, 9.17) is 12.9 Å². The van der Waals surface area contributed by atoms with E-state index in [0.29, 0.717) is 11.3 Å². The molecule has 3 nitrogen and oxygen atoms in total. The number of fused-ring (bicyclic) bond motifs is 3. The molecule has 0 bridgehead atoms. The monoisotopic (exact) mass is 360 g/mol. The molecule has 0 aliphatic heterocycles. The third-order valence-corrected chi connectivity index (χ3v) is 5.29. The van der Waals surface area contributed by atoms with Crippen molar-refractivity contribution < 1.29 is 12.9 Å². The molecular weight excluding hydrogens is 343 g/mol. The van der Waals surface area contributed by atoms with Gasteiger partial charge in [0.25, 0.3) is 0 Å². The van der Waals surface area contributed by atoms with Crippen LogP contribution in [0.25, 0.3) is 38.9 Å². The van der Waals surface area contributed by atoms with Gasteiger partial charge in [-0.1, -0.05) is 55.1 Å². The van der Waals surface area contributed by atoms with Crippen molar-refractivity contribution in [1.29, 1.82) is 0 Å². The Balaban J connectivity index is 2.33. The molecule has 0 aliphatic rings. The van der Waals surface area contributed by atoms with Crippen LogP contribution < -0.4 is 4.52 Å². The van der Waals surface area contributed by atoms with Crippen molar-refractivity contribution in [2.45, 2.75) is 6.92 Å². The van der Waals surface area contributed by atoms with Crippen molar-refractivity contribution in [2.75, 3.05) is 7.11 Å². The van der Waals surface area contributed by atoms with Gasteiger partial charge < -0.3 is 8.39 Å². The lowest BCUT2D eigenvalue weighted by atomic mass is 9.94. The number of rotatable bonds is 3. The molecule has 1 unspecified atom stereocenters. The van der Waals surface area contributed by atoms with Crippen LogP contribution in [0.2, 0.25) is 0 Å². The third-order valence-electron chi connectivity index (χ3n) is 4.32. The standard InChI is InChI=1S/C22H17O3P/c1-4-19-21(17-11-7-5-9-15(17)2)22-18-12-8-6-10-16(18)13-14-20(22)25-26(23-3)24-19/h4-12H,1H2,2-3H3. The van der Waals surface area contributed by atoms with Crippen molar-refractivity contribution in [3.8, 4) is 11.1 Å². The Morgan fingerprint density at radius 3 is 2.58 bits per heavy atom. The Kier molecular flexibility index (Phi) is 4.31.